The molecule has 1 aromatic carbocycles. The first-order valence-corrected chi connectivity index (χ1v) is 9.14. The summed E-state index contributed by atoms with van der Waals surface area (Å²) in [5.41, 5.74) is 1.01. The number of carbonyl (C=O) groups is 2. The minimum Gasteiger partial charge on any atom is -0.334 e. The average molecular weight is 335 g/mol. The van der Waals surface area contributed by atoms with Crippen molar-refractivity contribution in [2.45, 2.75) is 50.3 Å². The van der Waals surface area contributed by atoms with Crippen LogP contribution in [0.1, 0.15) is 50.6 Å². The molecule has 1 aliphatic heterocycles. The lowest BCUT2D eigenvalue weighted by Gasteiger charge is -2.33. The summed E-state index contributed by atoms with van der Waals surface area (Å²) in [7, 11) is 0. The monoisotopic (exact) mass is 335 g/mol. The summed E-state index contributed by atoms with van der Waals surface area (Å²) in [4.78, 5) is 25.8. The Morgan fingerprint density at radius 3 is 2.52 bits per heavy atom. The third-order valence-corrected chi connectivity index (χ3v) is 5.83. The fraction of sp³-hybridized carbons (Fsp3) is 0.556. The van der Waals surface area contributed by atoms with E-state index < -0.39 is 0 Å². The number of nitrogens with zero attached hydrogens (tertiary/aromatic N) is 1. The SMILES string of the molecule is CC(=O)SC1CC(=O)N(C(c2ccc(F)cc2)C2CCCC2)C1. The lowest BCUT2D eigenvalue weighted by atomic mass is 9.90. The first-order chi connectivity index (χ1) is 11.0. The van der Waals surface area contributed by atoms with Gasteiger partial charge in [0, 0.05) is 25.1 Å². The number of carbonyl (C=O) groups excluding carboxylic acids is 2. The van der Waals surface area contributed by atoms with E-state index in [1.54, 1.807) is 19.1 Å². The van der Waals surface area contributed by atoms with Gasteiger partial charge in [-0.15, -0.1) is 0 Å². The summed E-state index contributed by atoms with van der Waals surface area (Å²) >= 11 is 1.27. The predicted octanol–water partition coefficient (Wildman–Crippen LogP) is 3.94. The van der Waals surface area contributed by atoms with E-state index in [2.05, 4.69) is 0 Å². The van der Waals surface area contributed by atoms with Crippen LogP contribution in [0.2, 0.25) is 0 Å². The molecule has 2 fully saturated rings. The maximum absolute atomic E-state index is 13.3. The smallest absolute Gasteiger partial charge is 0.224 e. The van der Waals surface area contributed by atoms with Crippen LogP contribution in [-0.2, 0) is 9.59 Å². The van der Waals surface area contributed by atoms with Crippen molar-refractivity contribution >= 4 is 22.8 Å². The highest BCUT2D eigenvalue weighted by atomic mass is 32.2. The highest BCUT2D eigenvalue weighted by Gasteiger charge is 2.40. The predicted molar refractivity (Wildman–Crippen MR) is 89.5 cm³/mol. The van der Waals surface area contributed by atoms with Crippen molar-refractivity contribution in [2.75, 3.05) is 6.54 Å². The number of rotatable bonds is 4. The van der Waals surface area contributed by atoms with Crippen LogP contribution in [0.15, 0.2) is 24.3 Å². The van der Waals surface area contributed by atoms with E-state index in [9.17, 15) is 14.0 Å². The molecule has 0 spiro atoms. The molecule has 1 amide bonds. The lowest BCUT2D eigenvalue weighted by Crippen LogP contribution is -2.34. The van der Waals surface area contributed by atoms with Gasteiger partial charge in [0.2, 0.25) is 5.91 Å². The summed E-state index contributed by atoms with van der Waals surface area (Å²) in [6.45, 7) is 2.16. The highest BCUT2D eigenvalue weighted by Crippen LogP contribution is 2.42. The zero-order valence-electron chi connectivity index (χ0n) is 13.3. The molecule has 0 radical (unpaired) electrons. The van der Waals surface area contributed by atoms with E-state index in [0.717, 1.165) is 18.4 Å². The maximum Gasteiger partial charge on any atom is 0.224 e. The van der Waals surface area contributed by atoms with Gasteiger partial charge in [-0.05, 0) is 36.5 Å². The van der Waals surface area contributed by atoms with Crippen LogP contribution in [-0.4, -0.2) is 27.7 Å². The summed E-state index contributed by atoms with van der Waals surface area (Å²) in [5.74, 6) is 0.298. The van der Waals surface area contributed by atoms with Crippen molar-refractivity contribution < 1.29 is 14.0 Å². The molecule has 0 N–H and O–H groups in total. The Morgan fingerprint density at radius 1 is 1.26 bits per heavy atom. The van der Waals surface area contributed by atoms with Gasteiger partial charge >= 0.3 is 0 Å². The van der Waals surface area contributed by atoms with E-state index in [4.69, 9.17) is 0 Å². The van der Waals surface area contributed by atoms with Crippen LogP contribution in [0.3, 0.4) is 0 Å². The Bertz CT molecular complexity index is 583. The number of benzene rings is 1. The maximum atomic E-state index is 13.3. The third kappa shape index (κ3) is 3.77. The van der Waals surface area contributed by atoms with E-state index in [-0.39, 0.29) is 28.1 Å². The normalized spacial score (nSPS) is 23.5. The molecule has 0 bridgehead atoms. The van der Waals surface area contributed by atoms with E-state index in [0.29, 0.717) is 18.9 Å². The van der Waals surface area contributed by atoms with Crippen LogP contribution in [0.4, 0.5) is 4.39 Å². The molecule has 124 valence electrons. The van der Waals surface area contributed by atoms with E-state index >= 15 is 0 Å². The Balaban J connectivity index is 1.84. The topological polar surface area (TPSA) is 37.4 Å². The van der Waals surface area contributed by atoms with Crippen LogP contribution < -0.4 is 0 Å². The third-order valence-electron chi connectivity index (χ3n) is 4.85. The van der Waals surface area contributed by atoms with Gasteiger partial charge in [-0.2, -0.15) is 0 Å². The molecular weight excluding hydrogens is 313 g/mol. The minimum atomic E-state index is -0.253. The second-order valence-corrected chi connectivity index (χ2v) is 8.00. The molecule has 2 aliphatic rings. The first kappa shape index (κ1) is 16.5. The fourth-order valence-electron chi connectivity index (χ4n) is 3.92. The van der Waals surface area contributed by atoms with Crippen molar-refractivity contribution in [1.82, 2.24) is 4.90 Å². The van der Waals surface area contributed by atoms with Gasteiger partial charge in [-0.1, -0.05) is 36.7 Å². The molecule has 23 heavy (non-hydrogen) atoms. The summed E-state index contributed by atoms with van der Waals surface area (Å²) < 4.78 is 13.3. The van der Waals surface area contributed by atoms with Gasteiger partial charge in [0.25, 0.3) is 0 Å². The number of hydrogen-bond acceptors (Lipinski definition) is 3. The Labute approximate surface area is 140 Å². The van der Waals surface area contributed by atoms with Crippen LogP contribution >= 0.6 is 11.8 Å². The molecule has 1 saturated heterocycles. The Kier molecular flexibility index (Phi) is 5.05. The molecule has 1 saturated carbocycles. The molecule has 1 heterocycles. The van der Waals surface area contributed by atoms with Gasteiger partial charge in [-0.25, -0.2) is 4.39 Å². The highest BCUT2D eigenvalue weighted by molar-refractivity contribution is 8.14. The van der Waals surface area contributed by atoms with Gasteiger partial charge in [-0.3, -0.25) is 9.59 Å². The van der Waals surface area contributed by atoms with Crippen molar-refractivity contribution in [3.8, 4) is 0 Å². The molecule has 3 rings (SSSR count). The molecule has 0 aromatic heterocycles. The molecule has 1 aromatic rings. The largest absolute Gasteiger partial charge is 0.334 e. The quantitative estimate of drug-likeness (QED) is 0.836. The van der Waals surface area contributed by atoms with Crippen LogP contribution in [0.5, 0.6) is 0 Å². The van der Waals surface area contributed by atoms with Crippen molar-refractivity contribution in [3.63, 3.8) is 0 Å². The number of halogens is 1. The zero-order chi connectivity index (χ0) is 16.4. The van der Waals surface area contributed by atoms with Crippen molar-refractivity contribution in [2.24, 2.45) is 5.92 Å². The number of amides is 1. The molecular formula is C18H22FNO2S. The van der Waals surface area contributed by atoms with Crippen molar-refractivity contribution in [1.29, 1.82) is 0 Å². The van der Waals surface area contributed by atoms with Gasteiger partial charge in [0.1, 0.15) is 5.82 Å². The van der Waals surface area contributed by atoms with Crippen LogP contribution in [0.25, 0.3) is 0 Å². The average Bonchev–Trinajstić information content (AvgIpc) is 3.12. The number of hydrogen-bond donors (Lipinski definition) is 0. The van der Waals surface area contributed by atoms with E-state index in [1.165, 1.54) is 36.7 Å². The molecule has 3 nitrogen and oxygen atoms in total. The first-order valence-electron chi connectivity index (χ1n) is 8.27. The fourth-order valence-corrected chi connectivity index (χ4v) is 4.85. The molecule has 2 atom stereocenters. The number of thioether (sulfide) groups is 1. The Hall–Kier alpha value is -1.36. The summed E-state index contributed by atoms with van der Waals surface area (Å²) in [6.07, 6.45) is 5.02. The summed E-state index contributed by atoms with van der Waals surface area (Å²) in [5, 5.41) is 0.105. The summed E-state index contributed by atoms with van der Waals surface area (Å²) in [6, 6.07) is 6.57. The Morgan fingerprint density at radius 2 is 1.91 bits per heavy atom. The second kappa shape index (κ2) is 7.04. The molecule has 5 heteroatoms. The standard InChI is InChI=1S/C18H22FNO2S/c1-12(21)23-16-10-17(22)20(11-16)18(13-4-2-3-5-13)14-6-8-15(19)9-7-14/h6-9,13,16,18H,2-5,10-11H2,1H3. The van der Waals surface area contributed by atoms with Gasteiger partial charge in [0.15, 0.2) is 5.12 Å². The minimum absolute atomic E-state index is 0.0168. The molecule has 1 aliphatic carbocycles. The lowest BCUT2D eigenvalue weighted by molar-refractivity contribution is -0.130. The second-order valence-electron chi connectivity index (χ2n) is 6.52. The van der Waals surface area contributed by atoms with Gasteiger partial charge < -0.3 is 4.90 Å². The van der Waals surface area contributed by atoms with Crippen LogP contribution in [0, 0.1) is 11.7 Å². The number of likely N-dealkylation sites (tertiary alicyclic amines) is 1. The van der Waals surface area contributed by atoms with Crippen molar-refractivity contribution in [3.05, 3.63) is 35.6 Å². The molecule has 2 unspecified atom stereocenters. The zero-order valence-corrected chi connectivity index (χ0v) is 14.2. The van der Waals surface area contributed by atoms with Gasteiger partial charge in [0.05, 0.1) is 6.04 Å². The van der Waals surface area contributed by atoms with E-state index in [1.807, 2.05) is 4.90 Å².